The molecule has 0 aromatic heterocycles. The highest BCUT2D eigenvalue weighted by Crippen LogP contribution is 1.95. The molecule has 5 nitrogen and oxygen atoms in total. The molecule has 0 fully saturated rings. The Morgan fingerprint density at radius 2 is 2.29 bits per heavy atom. The van der Waals surface area contributed by atoms with E-state index in [-0.39, 0.29) is 18.8 Å². The lowest BCUT2D eigenvalue weighted by Gasteiger charge is -2.04. The molecule has 0 saturated carbocycles. The highest BCUT2D eigenvalue weighted by molar-refractivity contribution is 5.87. The van der Waals surface area contributed by atoms with E-state index in [1.54, 1.807) is 6.92 Å². The number of esters is 1. The van der Waals surface area contributed by atoms with Gasteiger partial charge in [-0.15, -0.1) is 0 Å². The number of rotatable bonds is 7. The van der Waals surface area contributed by atoms with Gasteiger partial charge in [-0.3, -0.25) is 0 Å². The monoisotopic (exact) mass is 201 g/mol. The second-order valence-electron chi connectivity index (χ2n) is 2.31. The Morgan fingerprint density at radius 1 is 1.57 bits per heavy atom. The third-order valence-corrected chi connectivity index (χ3v) is 1.21. The van der Waals surface area contributed by atoms with Crippen molar-refractivity contribution in [3.63, 3.8) is 0 Å². The average molecular weight is 201 g/mol. The number of hydrogen-bond acceptors (Lipinski definition) is 5. The van der Waals surface area contributed by atoms with E-state index in [1.807, 2.05) is 0 Å². The van der Waals surface area contributed by atoms with Crippen molar-refractivity contribution in [3.05, 3.63) is 12.2 Å². The van der Waals surface area contributed by atoms with Crippen molar-refractivity contribution in [1.82, 2.24) is 0 Å². The quantitative estimate of drug-likeness (QED) is 0.200. The summed E-state index contributed by atoms with van der Waals surface area (Å²) in [6.07, 6.45) is 1.44. The Labute approximate surface area is 83.3 Å². The van der Waals surface area contributed by atoms with Gasteiger partial charge in [0.25, 0.3) is 0 Å². The molecule has 0 amide bonds. The number of oxime groups is 1. The Morgan fingerprint density at radius 3 is 2.86 bits per heavy atom. The molecule has 0 radical (unpaired) electrons. The van der Waals surface area contributed by atoms with E-state index in [1.165, 1.54) is 13.3 Å². The minimum absolute atomic E-state index is 0.133. The van der Waals surface area contributed by atoms with E-state index in [4.69, 9.17) is 9.47 Å². The molecule has 80 valence electrons. The van der Waals surface area contributed by atoms with Crippen molar-refractivity contribution in [2.75, 3.05) is 26.9 Å². The lowest BCUT2D eigenvalue weighted by Crippen LogP contribution is -2.12. The number of hydrogen-bond donors (Lipinski definition) is 0. The van der Waals surface area contributed by atoms with Crippen molar-refractivity contribution < 1.29 is 19.1 Å². The fourth-order valence-electron chi connectivity index (χ4n) is 0.632. The summed E-state index contributed by atoms with van der Waals surface area (Å²) in [4.78, 5) is 15.4. The highest BCUT2D eigenvalue weighted by Gasteiger charge is 2.06. The summed E-state index contributed by atoms with van der Waals surface area (Å²) in [5.41, 5.74) is 0.290. The van der Waals surface area contributed by atoms with E-state index in [0.29, 0.717) is 6.61 Å². The summed E-state index contributed by atoms with van der Waals surface area (Å²) in [6.45, 7) is 5.99. The van der Waals surface area contributed by atoms with Crippen molar-refractivity contribution in [1.29, 1.82) is 0 Å². The number of carbonyl (C=O) groups is 1. The van der Waals surface area contributed by atoms with Crippen LogP contribution in [0.1, 0.15) is 6.92 Å². The first-order chi connectivity index (χ1) is 6.72. The van der Waals surface area contributed by atoms with Gasteiger partial charge in [0, 0.05) is 0 Å². The molecule has 0 unspecified atom stereocenters. The van der Waals surface area contributed by atoms with Crippen LogP contribution < -0.4 is 0 Å². The standard InChI is InChI=1S/C9H15NO4/c1-4-14-9(11)8(2)7-13-6-5-10-12-3/h5H,2,4,6-7H2,1,3H3/b10-5+. The van der Waals surface area contributed by atoms with Gasteiger partial charge in [0.2, 0.25) is 0 Å². The van der Waals surface area contributed by atoms with E-state index in [0.717, 1.165) is 0 Å². The Hall–Kier alpha value is -1.36. The Balaban J connectivity index is 3.53. The zero-order valence-corrected chi connectivity index (χ0v) is 8.49. The van der Waals surface area contributed by atoms with E-state index in [2.05, 4.69) is 16.6 Å². The van der Waals surface area contributed by atoms with Crippen LogP contribution in [0.25, 0.3) is 0 Å². The summed E-state index contributed by atoms with van der Waals surface area (Å²) in [6, 6.07) is 0. The molecule has 0 aromatic rings. The lowest BCUT2D eigenvalue weighted by atomic mass is 10.3. The third kappa shape index (κ3) is 6.19. The highest BCUT2D eigenvalue weighted by atomic mass is 16.6. The van der Waals surface area contributed by atoms with E-state index < -0.39 is 5.97 Å². The minimum Gasteiger partial charge on any atom is -0.463 e. The molecule has 0 aliphatic rings. The zero-order valence-electron chi connectivity index (χ0n) is 8.49. The molecule has 5 heteroatoms. The maximum absolute atomic E-state index is 11.0. The molecule has 0 aromatic carbocycles. The molecule has 0 spiro atoms. The number of ether oxygens (including phenoxy) is 2. The fraction of sp³-hybridized carbons (Fsp3) is 0.556. The van der Waals surface area contributed by atoms with Crippen LogP contribution >= 0.6 is 0 Å². The maximum atomic E-state index is 11.0. The molecular weight excluding hydrogens is 186 g/mol. The average Bonchev–Trinajstić information content (AvgIpc) is 2.17. The van der Waals surface area contributed by atoms with Crippen molar-refractivity contribution >= 4 is 12.2 Å². The first-order valence-corrected chi connectivity index (χ1v) is 4.20. The molecule has 0 bridgehead atoms. The Kier molecular flexibility index (Phi) is 7.45. The number of nitrogens with zero attached hydrogens (tertiary/aromatic N) is 1. The van der Waals surface area contributed by atoms with Crippen molar-refractivity contribution in [3.8, 4) is 0 Å². The lowest BCUT2D eigenvalue weighted by molar-refractivity contribution is -0.139. The molecule has 0 atom stereocenters. The SMILES string of the molecule is C=C(COC/C=N/OC)C(=O)OCC. The predicted molar refractivity (Wildman–Crippen MR) is 52.1 cm³/mol. The summed E-state index contributed by atoms with van der Waals surface area (Å²) in [5.74, 6) is -0.434. The van der Waals surface area contributed by atoms with Crippen LogP contribution in [-0.2, 0) is 19.1 Å². The van der Waals surface area contributed by atoms with Crippen molar-refractivity contribution in [2.45, 2.75) is 6.92 Å². The van der Waals surface area contributed by atoms with Gasteiger partial charge in [-0.2, -0.15) is 0 Å². The van der Waals surface area contributed by atoms with Gasteiger partial charge in [-0.1, -0.05) is 11.7 Å². The van der Waals surface area contributed by atoms with Gasteiger partial charge in [-0.25, -0.2) is 4.79 Å². The van der Waals surface area contributed by atoms with Crippen LogP contribution in [0.5, 0.6) is 0 Å². The smallest absolute Gasteiger partial charge is 0.335 e. The molecule has 0 rings (SSSR count). The number of carbonyl (C=O) groups excluding carboxylic acids is 1. The predicted octanol–water partition coefficient (Wildman–Crippen LogP) is 0.754. The molecular formula is C9H15NO4. The minimum atomic E-state index is -0.434. The van der Waals surface area contributed by atoms with E-state index >= 15 is 0 Å². The first-order valence-electron chi connectivity index (χ1n) is 4.20. The maximum Gasteiger partial charge on any atom is 0.335 e. The van der Waals surface area contributed by atoms with Gasteiger partial charge in [0.05, 0.1) is 31.6 Å². The van der Waals surface area contributed by atoms with Crippen molar-refractivity contribution in [2.24, 2.45) is 5.16 Å². The van der Waals surface area contributed by atoms with E-state index in [9.17, 15) is 4.79 Å². The zero-order chi connectivity index (χ0) is 10.8. The molecule has 0 N–H and O–H groups in total. The summed E-state index contributed by atoms with van der Waals surface area (Å²) in [5, 5.41) is 3.45. The van der Waals surface area contributed by atoms with Crippen LogP contribution in [0, 0.1) is 0 Å². The second kappa shape index (κ2) is 8.25. The van der Waals surface area contributed by atoms with Gasteiger partial charge in [0.15, 0.2) is 0 Å². The van der Waals surface area contributed by atoms with Crippen LogP contribution in [0.3, 0.4) is 0 Å². The van der Waals surface area contributed by atoms with Crippen LogP contribution in [0.15, 0.2) is 17.3 Å². The van der Waals surface area contributed by atoms with Gasteiger partial charge in [0.1, 0.15) is 7.11 Å². The third-order valence-electron chi connectivity index (χ3n) is 1.21. The normalized spacial score (nSPS) is 10.1. The molecule has 0 aliphatic heterocycles. The van der Waals surface area contributed by atoms with Gasteiger partial charge in [-0.05, 0) is 6.92 Å². The fourth-order valence-corrected chi connectivity index (χ4v) is 0.632. The Bertz CT molecular complexity index is 213. The summed E-state index contributed by atoms with van der Waals surface area (Å²) < 4.78 is 9.74. The molecule has 14 heavy (non-hydrogen) atoms. The molecule has 0 saturated heterocycles. The first kappa shape index (κ1) is 12.6. The second-order valence-corrected chi connectivity index (χ2v) is 2.31. The topological polar surface area (TPSA) is 57.1 Å². The van der Waals surface area contributed by atoms with Crippen LogP contribution in [0.2, 0.25) is 0 Å². The van der Waals surface area contributed by atoms with Crippen LogP contribution in [0.4, 0.5) is 0 Å². The molecule has 0 heterocycles. The van der Waals surface area contributed by atoms with Gasteiger partial charge < -0.3 is 14.3 Å². The van der Waals surface area contributed by atoms with Gasteiger partial charge >= 0.3 is 5.97 Å². The largest absolute Gasteiger partial charge is 0.463 e. The summed E-state index contributed by atoms with van der Waals surface area (Å²) in [7, 11) is 1.44. The van der Waals surface area contributed by atoms with Crippen LogP contribution in [-0.4, -0.2) is 39.1 Å². The molecule has 0 aliphatic carbocycles. The summed E-state index contributed by atoms with van der Waals surface area (Å²) >= 11 is 0.